The molecular formula is C17H14N2O7S2. The lowest BCUT2D eigenvalue weighted by Crippen LogP contribution is -2.11. The molecule has 146 valence electrons. The Morgan fingerprint density at radius 1 is 1.21 bits per heavy atom. The Bertz CT molecular complexity index is 1130. The number of fused-ring (bicyclic) bond motifs is 1. The maximum absolute atomic E-state index is 12.7. The van der Waals surface area contributed by atoms with Crippen molar-refractivity contribution in [3.63, 3.8) is 0 Å². The molecule has 0 fully saturated rings. The Kier molecular flexibility index (Phi) is 4.69. The van der Waals surface area contributed by atoms with Gasteiger partial charge in [0.05, 0.1) is 17.2 Å². The summed E-state index contributed by atoms with van der Waals surface area (Å²) in [6.07, 6.45) is 0. The molecule has 0 bridgehead atoms. The summed E-state index contributed by atoms with van der Waals surface area (Å²) >= 11 is 0.984. The van der Waals surface area contributed by atoms with Crippen LogP contribution in [0.5, 0.6) is 11.5 Å². The van der Waals surface area contributed by atoms with Crippen molar-refractivity contribution in [2.24, 2.45) is 0 Å². The molecule has 3 aromatic rings. The van der Waals surface area contributed by atoms with E-state index in [2.05, 4.69) is 9.88 Å². The van der Waals surface area contributed by atoms with Crippen LogP contribution in [0.3, 0.4) is 0 Å². The lowest BCUT2D eigenvalue weighted by atomic mass is 10.3. The van der Waals surface area contributed by atoms with E-state index < -0.39 is 16.0 Å². The molecule has 0 saturated heterocycles. The molecule has 1 aliphatic heterocycles. The summed E-state index contributed by atoms with van der Waals surface area (Å²) in [6, 6.07) is 9.20. The normalized spacial score (nSPS) is 12.8. The third kappa shape index (κ3) is 3.53. The van der Waals surface area contributed by atoms with Gasteiger partial charge in [0, 0.05) is 12.1 Å². The number of rotatable bonds is 6. The van der Waals surface area contributed by atoms with Gasteiger partial charge in [0.15, 0.2) is 23.0 Å². The predicted octanol–water partition coefficient (Wildman–Crippen LogP) is 3.11. The fraction of sp³-hybridized carbons (Fsp3) is 0.176. The summed E-state index contributed by atoms with van der Waals surface area (Å²) in [5, 5.41) is 3.65. The standard InChI is InChI=1S/C17H14N2O7S2/c1-2-23-17(20)11-8-14(26-18-11)15-5-6-16(27-15)28(21,22)19-10-3-4-12-13(7-10)25-9-24-12/h3-8,19H,2,9H2,1H3. The van der Waals surface area contributed by atoms with E-state index >= 15 is 0 Å². The lowest BCUT2D eigenvalue weighted by molar-refractivity contribution is 0.0514. The first-order valence-corrected chi connectivity index (χ1v) is 10.4. The van der Waals surface area contributed by atoms with Gasteiger partial charge in [-0.15, -0.1) is 11.3 Å². The van der Waals surface area contributed by atoms with Crippen molar-refractivity contribution in [2.45, 2.75) is 11.1 Å². The number of sulfonamides is 1. The Labute approximate surface area is 163 Å². The van der Waals surface area contributed by atoms with Gasteiger partial charge in [-0.05, 0) is 31.2 Å². The predicted molar refractivity (Wildman–Crippen MR) is 99.1 cm³/mol. The van der Waals surface area contributed by atoms with Crippen LogP contribution >= 0.6 is 11.3 Å². The van der Waals surface area contributed by atoms with E-state index in [-0.39, 0.29) is 29.1 Å². The number of anilines is 1. The number of carbonyl (C=O) groups excluding carboxylic acids is 1. The number of hydrogen-bond acceptors (Lipinski definition) is 9. The number of esters is 1. The first-order chi connectivity index (χ1) is 13.5. The Hall–Kier alpha value is -3.05. The summed E-state index contributed by atoms with van der Waals surface area (Å²) in [4.78, 5) is 12.2. The highest BCUT2D eigenvalue weighted by Gasteiger charge is 2.22. The summed E-state index contributed by atoms with van der Waals surface area (Å²) < 4.78 is 48.3. The number of aromatic nitrogens is 1. The summed E-state index contributed by atoms with van der Waals surface area (Å²) in [6.45, 7) is 2.00. The molecule has 9 nitrogen and oxygen atoms in total. The molecule has 28 heavy (non-hydrogen) atoms. The molecule has 3 heterocycles. The highest BCUT2D eigenvalue weighted by molar-refractivity contribution is 7.94. The van der Waals surface area contributed by atoms with Crippen LogP contribution in [-0.2, 0) is 14.8 Å². The van der Waals surface area contributed by atoms with Crippen LogP contribution in [-0.4, -0.2) is 32.9 Å². The summed E-state index contributed by atoms with van der Waals surface area (Å²) in [5.74, 6) is 0.702. The summed E-state index contributed by atoms with van der Waals surface area (Å²) in [7, 11) is -3.82. The molecule has 11 heteroatoms. The minimum atomic E-state index is -3.82. The average molecular weight is 422 g/mol. The number of nitrogens with zero attached hydrogens (tertiary/aromatic N) is 1. The molecule has 0 radical (unpaired) electrons. The topological polar surface area (TPSA) is 117 Å². The third-order valence-electron chi connectivity index (χ3n) is 3.71. The molecule has 1 N–H and O–H groups in total. The van der Waals surface area contributed by atoms with Gasteiger partial charge in [0.1, 0.15) is 4.21 Å². The molecule has 1 aliphatic rings. The number of thiophene rings is 1. The maximum Gasteiger partial charge on any atom is 0.360 e. The molecule has 0 spiro atoms. The fourth-order valence-corrected chi connectivity index (χ4v) is 4.76. The van der Waals surface area contributed by atoms with E-state index in [1.165, 1.54) is 12.1 Å². The first-order valence-electron chi connectivity index (χ1n) is 8.13. The monoisotopic (exact) mass is 422 g/mol. The van der Waals surface area contributed by atoms with Crippen molar-refractivity contribution in [1.82, 2.24) is 5.16 Å². The largest absolute Gasteiger partial charge is 0.461 e. The van der Waals surface area contributed by atoms with Gasteiger partial charge in [-0.2, -0.15) is 0 Å². The lowest BCUT2D eigenvalue weighted by Gasteiger charge is -2.06. The van der Waals surface area contributed by atoms with Crippen LogP contribution in [0.15, 0.2) is 45.1 Å². The van der Waals surface area contributed by atoms with Crippen LogP contribution in [0, 0.1) is 0 Å². The van der Waals surface area contributed by atoms with E-state index in [1.807, 2.05) is 0 Å². The van der Waals surface area contributed by atoms with Gasteiger partial charge in [0.25, 0.3) is 10.0 Å². The van der Waals surface area contributed by atoms with Crippen LogP contribution in [0.25, 0.3) is 10.6 Å². The van der Waals surface area contributed by atoms with E-state index in [9.17, 15) is 13.2 Å². The van der Waals surface area contributed by atoms with E-state index in [0.717, 1.165) is 11.3 Å². The SMILES string of the molecule is CCOC(=O)c1cc(-c2ccc(S(=O)(=O)Nc3ccc4c(c3)OCO4)s2)on1. The second kappa shape index (κ2) is 7.17. The fourth-order valence-electron chi connectivity index (χ4n) is 2.46. The smallest absolute Gasteiger partial charge is 0.360 e. The van der Waals surface area contributed by atoms with Gasteiger partial charge < -0.3 is 18.7 Å². The van der Waals surface area contributed by atoms with Crippen molar-refractivity contribution in [2.75, 3.05) is 18.1 Å². The zero-order chi connectivity index (χ0) is 19.7. The number of nitrogens with one attached hydrogen (secondary N) is 1. The second-order valence-electron chi connectivity index (χ2n) is 5.59. The molecule has 4 rings (SSSR count). The van der Waals surface area contributed by atoms with Gasteiger partial charge in [-0.25, -0.2) is 13.2 Å². The van der Waals surface area contributed by atoms with Crippen LogP contribution in [0.4, 0.5) is 5.69 Å². The van der Waals surface area contributed by atoms with Crippen LogP contribution in [0.2, 0.25) is 0 Å². The van der Waals surface area contributed by atoms with Gasteiger partial charge >= 0.3 is 5.97 Å². The minimum absolute atomic E-state index is 0.0214. The Morgan fingerprint density at radius 3 is 2.86 bits per heavy atom. The molecule has 0 atom stereocenters. The van der Waals surface area contributed by atoms with Crippen molar-refractivity contribution in [3.05, 3.63) is 42.1 Å². The molecule has 1 aromatic carbocycles. The Morgan fingerprint density at radius 2 is 2.04 bits per heavy atom. The third-order valence-corrected chi connectivity index (χ3v) is 6.68. The second-order valence-corrected chi connectivity index (χ2v) is 8.58. The number of benzene rings is 1. The zero-order valence-electron chi connectivity index (χ0n) is 14.5. The van der Waals surface area contributed by atoms with E-state index in [4.69, 9.17) is 18.7 Å². The van der Waals surface area contributed by atoms with Crippen molar-refractivity contribution < 1.29 is 31.9 Å². The average Bonchev–Trinajstić information content (AvgIpc) is 3.40. The van der Waals surface area contributed by atoms with E-state index in [1.54, 1.807) is 31.2 Å². The van der Waals surface area contributed by atoms with Crippen molar-refractivity contribution in [1.29, 1.82) is 0 Å². The van der Waals surface area contributed by atoms with Gasteiger partial charge in [0.2, 0.25) is 6.79 Å². The minimum Gasteiger partial charge on any atom is -0.461 e. The van der Waals surface area contributed by atoms with Crippen molar-refractivity contribution in [3.8, 4) is 22.1 Å². The quantitative estimate of drug-likeness (QED) is 0.602. The summed E-state index contributed by atoms with van der Waals surface area (Å²) in [5.41, 5.74) is 0.372. The molecule has 0 unspecified atom stereocenters. The highest BCUT2D eigenvalue weighted by Crippen LogP contribution is 2.36. The molecule has 0 amide bonds. The van der Waals surface area contributed by atoms with Gasteiger partial charge in [-0.3, -0.25) is 4.72 Å². The molecule has 0 saturated carbocycles. The molecule has 0 aliphatic carbocycles. The number of ether oxygens (including phenoxy) is 3. The molecule has 2 aromatic heterocycles. The van der Waals surface area contributed by atoms with Crippen molar-refractivity contribution >= 4 is 33.0 Å². The maximum atomic E-state index is 12.7. The zero-order valence-corrected chi connectivity index (χ0v) is 16.1. The van der Waals surface area contributed by atoms with Crippen LogP contribution < -0.4 is 14.2 Å². The van der Waals surface area contributed by atoms with E-state index in [0.29, 0.717) is 22.1 Å². The first kappa shape index (κ1) is 18.3. The number of hydrogen-bond donors (Lipinski definition) is 1. The number of carbonyl (C=O) groups is 1. The Balaban J connectivity index is 1.54. The van der Waals surface area contributed by atoms with Gasteiger partial charge in [-0.1, -0.05) is 5.16 Å². The van der Waals surface area contributed by atoms with Crippen LogP contribution in [0.1, 0.15) is 17.4 Å². The molecular weight excluding hydrogens is 408 g/mol. The highest BCUT2D eigenvalue weighted by atomic mass is 32.2.